The van der Waals surface area contributed by atoms with Crippen LogP contribution in [0.15, 0.2) is 72.8 Å². The summed E-state index contributed by atoms with van der Waals surface area (Å²) in [6.45, 7) is 2.20. The first-order valence-electron chi connectivity index (χ1n) is 11.7. The van der Waals surface area contributed by atoms with Crippen molar-refractivity contribution in [1.29, 1.82) is 0 Å². The molecule has 0 saturated carbocycles. The Balaban J connectivity index is 1.41. The van der Waals surface area contributed by atoms with Crippen molar-refractivity contribution in [1.82, 2.24) is 0 Å². The lowest BCUT2D eigenvalue weighted by Gasteiger charge is -2.24. The average Bonchev–Trinajstić information content (AvgIpc) is 3.26. The molecule has 3 aromatic carbocycles. The quantitative estimate of drug-likeness (QED) is 0.362. The van der Waals surface area contributed by atoms with Gasteiger partial charge in [-0.15, -0.1) is 11.8 Å². The lowest BCUT2D eigenvalue weighted by Crippen LogP contribution is -2.27. The van der Waals surface area contributed by atoms with Crippen LogP contribution >= 0.6 is 11.8 Å². The van der Waals surface area contributed by atoms with Gasteiger partial charge in [-0.05, 0) is 72.5 Å². The Morgan fingerprint density at radius 3 is 2.35 bits per heavy atom. The van der Waals surface area contributed by atoms with E-state index in [1.54, 1.807) is 18.9 Å². The minimum atomic E-state index is -0.127. The van der Waals surface area contributed by atoms with E-state index in [0.717, 1.165) is 29.1 Å². The smallest absolute Gasteiger partial charge is 0.255 e. The lowest BCUT2D eigenvalue weighted by atomic mass is 10.1. The highest BCUT2D eigenvalue weighted by atomic mass is 32.2. The van der Waals surface area contributed by atoms with Crippen molar-refractivity contribution in [3.8, 4) is 5.75 Å². The minimum absolute atomic E-state index is 0.0793. The Bertz CT molecular complexity index is 1110. The van der Waals surface area contributed by atoms with E-state index in [1.165, 1.54) is 24.8 Å². The number of nitrogens with one attached hydrogen (secondary N) is 1. The Morgan fingerprint density at radius 2 is 1.71 bits per heavy atom. The molecular weight excluding hydrogens is 444 g/mol. The predicted octanol–water partition coefficient (Wildman–Crippen LogP) is 6.46. The Labute approximate surface area is 205 Å². The van der Waals surface area contributed by atoms with Crippen molar-refractivity contribution in [2.45, 2.75) is 38.0 Å². The van der Waals surface area contributed by atoms with Gasteiger partial charge in [0.2, 0.25) is 5.91 Å². The predicted molar refractivity (Wildman–Crippen MR) is 140 cm³/mol. The zero-order valence-corrected chi connectivity index (χ0v) is 20.4. The number of carbonyl (C=O) groups excluding carboxylic acids is 2. The van der Waals surface area contributed by atoms with Crippen molar-refractivity contribution in [3.63, 3.8) is 0 Å². The molecule has 3 aromatic rings. The highest BCUT2D eigenvalue weighted by molar-refractivity contribution is 8.00. The van der Waals surface area contributed by atoms with Crippen molar-refractivity contribution in [2.75, 3.05) is 23.1 Å². The van der Waals surface area contributed by atoms with E-state index in [9.17, 15) is 9.59 Å². The van der Waals surface area contributed by atoms with Crippen molar-refractivity contribution >= 4 is 35.0 Å². The van der Waals surface area contributed by atoms with Crippen molar-refractivity contribution in [3.05, 3.63) is 89.5 Å². The number of methoxy groups -OCH3 is 1. The number of nitrogens with zero attached hydrogens (tertiary/aromatic N) is 1. The summed E-state index contributed by atoms with van der Waals surface area (Å²) in [6, 6.07) is 23.1. The molecule has 2 amide bonds. The lowest BCUT2D eigenvalue weighted by molar-refractivity contribution is -0.115. The number of rotatable bonds is 9. The third-order valence-corrected chi connectivity index (χ3v) is 7.17. The van der Waals surface area contributed by atoms with E-state index >= 15 is 0 Å². The van der Waals surface area contributed by atoms with E-state index < -0.39 is 0 Å². The second-order valence-electron chi connectivity index (χ2n) is 8.36. The summed E-state index contributed by atoms with van der Waals surface area (Å²) < 4.78 is 5.23. The van der Waals surface area contributed by atoms with Gasteiger partial charge in [-0.2, -0.15) is 0 Å². The van der Waals surface area contributed by atoms with Crippen LogP contribution in [0, 0.1) is 0 Å². The number of thioether (sulfide) groups is 1. The van der Waals surface area contributed by atoms with Crippen LogP contribution < -0.4 is 15.0 Å². The van der Waals surface area contributed by atoms with Crippen molar-refractivity contribution < 1.29 is 14.3 Å². The number of hydrogen-bond acceptors (Lipinski definition) is 4. The molecule has 5 nitrogen and oxygen atoms in total. The monoisotopic (exact) mass is 474 g/mol. The molecule has 4 rings (SSSR count). The molecule has 176 valence electrons. The van der Waals surface area contributed by atoms with Crippen LogP contribution in [0.4, 0.5) is 11.4 Å². The summed E-state index contributed by atoms with van der Waals surface area (Å²) in [6.07, 6.45) is 4.65. The maximum atomic E-state index is 12.7. The van der Waals surface area contributed by atoms with E-state index in [-0.39, 0.29) is 17.2 Å². The first-order chi connectivity index (χ1) is 16.6. The van der Waals surface area contributed by atoms with Crippen molar-refractivity contribution in [2.24, 2.45) is 0 Å². The Morgan fingerprint density at radius 1 is 1.00 bits per heavy atom. The van der Waals surface area contributed by atoms with E-state index in [4.69, 9.17) is 4.74 Å². The fraction of sp³-hybridized carbons (Fsp3) is 0.286. The number of carbonyl (C=O) groups is 2. The molecule has 1 aliphatic heterocycles. The molecule has 0 unspecified atom stereocenters. The zero-order chi connectivity index (χ0) is 23.9. The van der Waals surface area contributed by atoms with Gasteiger partial charge >= 0.3 is 0 Å². The van der Waals surface area contributed by atoms with E-state index in [0.29, 0.717) is 11.3 Å². The number of unbranched alkanes of at least 4 members (excludes halogenated alkanes) is 2. The summed E-state index contributed by atoms with van der Waals surface area (Å²) in [4.78, 5) is 27.1. The summed E-state index contributed by atoms with van der Waals surface area (Å²) in [5, 5.41) is 2.87. The number of hydrogen-bond donors (Lipinski definition) is 1. The van der Waals surface area contributed by atoms with Gasteiger partial charge in [0.25, 0.3) is 5.91 Å². The molecule has 34 heavy (non-hydrogen) atoms. The summed E-state index contributed by atoms with van der Waals surface area (Å²) >= 11 is 1.60. The van der Waals surface area contributed by atoms with Gasteiger partial charge in [-0.3, -0.25) is 14.5 Å². The topological polar surface area (TPSA) is 58.6 Å². The van der Waals surface area contributed by atoms with Gasteiger partial charge in [0.05, 0.1) is 12.9 Å². The molecule has 0 bridgehead atoms. The van der Waals surface area contributed by atoms with Gasteiger partial charge in [0, 0.05) is 16.9 Å². The second-order valence-corrected chi connectivity index (χ2v) is 9.42. The normalized spacial score (nSPS) is 15.4. The van der Waals surface area contributed by atoms with Gasteiger partial charge in [-0.1, -0.05) is 44.0 Å². The molecule has 0 aromatic heterocycles. The molecule has 6 heteroatoms. The molecule has 1 fully saturated rings. The summed E-state index contributed by atoms with van der Waals surface area (Å²) in [5.41, 5.74) is 4.49. The molecule has 1 atom stereocenters. The summed E-state index contributed by atoms with van der Waals surface area (Å²) in [5.74, 6) is 1.14. The van der Waals surface area contributed by atoms with Crippen LogP contribution in [0.3, 0.4) is 0 Å². The molecule has 1 heterocycles. The van der Waals surface area contributed by atoms with Gasteiger partial charge in [-0.25, -0.2) is 0 Å². The molecule has 1 aliphatic rings. The van der Waals surface area contributed by atoms with Crippen LogP contribution in [-0.4, -0.2) is 24.7 Å². The fourth-order valence-electron chi connectivity index (χ4n) is 4.03. The number of ether oxygens (including phenoxy) is 1. The molecule has 0 aliphatic carbocycles. The van der Waals surface area contributed by atoms with Gasteiger partial charge < -0.3 is 10.1 Å². The highest BCUT2D eigenvalue weighted by Gasteiger charge is 2.34. The SMILES string of the molecule is CCCCCc1ccc(C(=O)Nc2ccc([C@H]3SCC(=O)N3c3ccc(OC)cc3)cc2)cc1. The maximum Gasteiger partial charge on any atom is 0.255 e. The van der Waals surface area contributed by atoms with E-state index in [1.807, 2.05) is 77.7 Å². The fourth-order valence-corrected chi connectivity index (χ4v) is 5.21. The third-order valence-electron chi connectivity index (χ3n) is 5.96. The molecule has 0 radical (unpaired) electrons. The number of aryl methyl sites for hydroxylation is 1. The third kappa shape index (κ3) is 5.62. The van der Waals surface area contributed by atoms with Gasteiger partial charge in [0.15, 0.2) is 0 Å². The van der Waals surface area contributed by atoms with Crippen LogP contribution in [0.2, 0.25) is 0 Å². The van der Waals surface area contributed by atoms with Gasteiger partial charge in [0.1, 0.15) is 11.1 Å². The van der Waals surface area contributed by atoms with Crippen LogP contribution in [-0.2, 0) is 11.2 Å². The first-order valence-corrected chi connectivity index (χ1v) is 12.7. The number of benzene rings is 3. The minimum Gasteiger partial charge on any atom is -0.497 e. The largest absolute Gasteiger partial charge is 0.497 e. The zero-order valence-electron chi connectivity index (χ0n) is 19.6. The average molecular weight is 475 g/mol. The first kappa shape index (κ1) is 23.9. The Hall–Kier alpha value is -3.25. The molecule has 1 saturated heterocycles. The van der Waals surface area contributed by atoms with E-state index in [2.05, 4.69) is 12.2 Å². The number of amides is 2. The number of anilines is 2. The highest BCUT2D eigenvalue weighted by Crippen LogP contribution is 2.42. The molecular formula is C28H30N2O3S. The Kier molecular flexibility index (Phi) is 7.91. The maximum absolute atomic E-state index is 12.7. The van der Waals surface area contributed by atoms with Crippen LogP contribution in [0.25, 0.3) is 0 Å². The van der Waals surface area contributed by atoms with Crippen LogP contribution in [0.5, 0.6) is 5.75 Å². The summed E-state index contributed by atoms with van der Waals surface area (Å²) in [7, 11) is 1.62. The molecule has 1 N–H and O–H groups in total. The molecule has 0 spiro atoms. The standard InChI is InChI=1S/C28H30N2O3S/c1-3-4-5-6-20-7-9-21(10-8-20)27(32)29-23-13-11-22(12-14-23)28-30(26(31)19-34-28)24-15-17-25(33-2)18-16-24/h7-18,28H,3-6,19H2,1-2H3,(H,29,32)/t28-/m1/s1. The van der Waals surface area contributed by atoms with Crippen LogP contribution in [0.1, 0.15) is 53.0 Å². The second kappa shape index (κ2) is 11.3.